The van der Waals surface area contributed by atoms with Gasteiger partial charge in [0.05, 0.1) is 11.4 Å². The lowest BCUT2D eigenvalue weighted by molar-refractivity contribution is 0.711. The normalized spacial score (nSPS) is 10.9. The standard InChI is InChI=1S/C10H15N5S/c1-2-3-4-9-8(7-11)13-14-15(9)10-12-5-6-16-10/h5-6H,2-4,7,11H2,1H3. The van der Waals surface area contributed by atoms with Crippen LogP contribution in [0.5, 0.6) is 0 Å². The Kier molecular flexibility index (Phi) is 3.63. The summed E-state index contributed by atoms with van der Waals surface area (Å²) in [4.78, 5) is 4.24. The second-order valence-corrected chi connectivity index (χ2v) is 4.39. The maximum atomic E-state index is 5.66. The van der Waals surface area contributed by atoms with Crippen molar-refractivity contribution in [2.75, 3.05) is 0 Å². The highest BCUT2D eigenvalue weighted by Crippen LogP contribution is 2.16. The molecule has 0 saturated carbocycles. The molecule has 0 amide bonds. The lowest BCUT2D eigenvalue weighted by Gasteiger charge is -2.03. The number of aromatic nitrogens is 4. The van der Waals surface area contributed by atoms with Gasteiger partial charge in [0.1, 0.15) is 0 Å². The van der Waals surface area contributed by atoms with Gasteiger partial charge in [-0.25, -0.2) is 4.98 Å². The zero-order chi connectivity index (χ0) is 11.4. The molecular weight excluding hydrogens is 222 g/mol. The minimum atomic E-state index is 0.435. The average molecular weight is 237 g/mol. The van der Waals surface area contributed by atoms with Crippen molar-refractivity contribution in [2.24, 2.45) is 5.73 Å². The van der Waals surface area contributed by atoms with Gasteiger partial charge in [0, 0.05) is 18.1 Å². The Labute approximate surface area is 98.3 Å². The molecule has 2 aromatic rings. The lowest BCUT2D eigenvalue weighted by atomic mass is 10.1. The van der Waals surface area contributed by atoms with E-state index in [0.717, 1.165) is 35.8 Å². The Morgan fingerprint density at radius 1 is 1.50 bits per heavy atom. The van der Waals surface area contributed by atoms with E-state index in [9.17, 15) is 0 Å². The molecular formula is C10H15N5S. The number of rotatable bonds is 5. The zero-order valence-corrected chi connectivity index (χ0v) is 10.1. The van der Waals surface area contributed by atoms with Crippen LogP contribution in [-0.4, -0.2) is 20.0 Å². The molecule has 0 bridgehead atoms. The molecule has 5 nitrogen and oxygen atoms in total. The van der Waals surface area contributed by atoms with Crippen molar-refractivity contribution in [3.63, 3.8) is 0 Å². The van der Waals surface area contributed by atoms with Crippen LogP contribution in [0.4, 0.5) is 0 Å². The first-order valence-corrected chi connectivity index (χ1v) is 6.28. The summed E-state index contributed by atoms with van der Waals surface area (Å²) in [5.74, 6) is 0. The first-order valence-electron chi connectivity index (χ1n) is 5.40. The molecule has 2 rings (SSSR count). The third-order valence-electron chi connectivity index (χ3n) is 2.40. The fourth-order valence-electron chi connectivity index (χ4n) is 1.56. The second-order valence-electron chi connectivity index (χ2n) is 3.52. The van der Waals surface area contributed by atoms with Gasteiger partial charge in [-0.15, -0.1) is 16.4 Å². The van der Waals surface area contributed by atoms with Gasteiger partial charge in [0.25, 0.3) is 0 Å². The first-order chi connectivity index (χ1) is 7.86. The van der Waals surface area contributed by atoms with Crippen LogP contribution >= 0.6 is 11.3 Å². The van der Waals surface area contributed by atoms with Crippen molar-refractivity contribution in [3.05, 3.63) is 23.0 Å². The molecule has 16 heavy (non-hydrogen) atoms. The summed E-state index contributed by atoms with van der Waals surface area (Å²) in [5, 5.41) is 11.0. The lowest BCUT2D eigenvalue weighted by Crippen LogP contribution is -2.06. The third-order valence-corrected chi connectivity index (χ3v) is 3.15. The topological polar surface area (TPSA) is 69.6 Å². The monoisotopic (exact) mass is 237 g/mol. The van der Waals surface area contributed by atoms with Crippen LogP contribution in [0.15, 0.2) is 11.6 Å². The Morgan fingerprint density at radius 3 is 3.00 bits per heavy atom. The SMILES string of the molecule is CCCCc1c(CN)nnn1-c1nccs1. The molecule has 0 aromatic carbocycles. The van der Waals surface area contributed by atoms with Crippen LogP contribution in [0.3, 0.4) is 0 Å². The maximum absolute atomic E-state index is 5.66. The second kappa shape index (κ2) is 5.18. The van der Waals surface area contributed by atoms with E-state index in [-0.39, 0.29) is 0 Å². The van der Waals surface area contributed by atoms with Gasteiger partial charge in [-0.1, -0.05) is 18.6 Å². The van der Waals surface area contributed by atoms with E-state index < -0.39 is 0 Å². The number of nitrogens with zero attached hydrogens (tertiary/aromatic N) is 4. The van der Waals surface area contributed by atoms with E-state index >= 15 is 0 Å². The molecule has 2 heterocycles. The predicted octanol–water partition coefficient (Wildman–Crippen LogP) is 1.53. The summed E-state index contributed by atoms with van der Waals surface area (Å²) < 4.78 is 1.81. The first kappa shape index (κ1) is 11.2. The molecule has 0 radical (unpaired) electrons. The highest BCUT2D eigenvalue weighted by molar-refractivity contribution is 7.12. The third kappa shape index (κ3) is 2.12. The molecule has 0 saturated heterocycles. The molecule has 0 spiro atoms. The average Bonchev–Trinajstić information content (AvgIpc) is 2.94. The number of thiazole rings is 1. The smallest absolute Gasteiger partial charge is 0.211 e. The molecule has 86 valence electrons. The predicted molar refractivity (Wildman–Crippen MR) is 63.5 cm³/mol. The van der Waals surface area contributed by atoms with Crippen LogP contribution in [0.2, 0.25) is 0 Å². The van der Waals surface area contributed by atoms with Crippen molar-refractivity contribution >= 4 is 11.3 Å². The number of nitrogens with two attached hydrogens (primary N) is 1. The van der Waals surface area contributed by atoms with E-state index in [1.165, 1.54) is 0 Å². The minimum absolute atomic E-state index is 0.435. The zero-order valence-electron chi connectivity index (χ0n) is 9.26. The number of hydrogen-bond acceptors (Lipinski definition) is 5. The Bertz CT molecular complexity index is 434. The number of hydrogen-bond donors (Lipinski definition) is 1. The van der Waals surface area contributed by atoms with E-state index in [1.807, 2.05) is 10.1 Å². The molecule has 0 fully saturated rings. The summed E-state index contributed by atoms with van der Waals surface area (Å²) in [6, 6.07) is 0. The summed E-state index contributed by atoms with van der Waals surface area (Å²) >= 11 is 1.56. The van der Waals surface area contributed by atoms with Gasteiger partial charge in [-0.2, -0.15) is 4.68 Å². The fraction of sp³-hybridized carbons (Fsp3) is 0.500. The van der Waals surface area contributed by atoms with Gasteiger partial charge in [0.2, 0.25) is 5.13 Å². The largest absolute Gasteiger partial charge is 0.325 e. The van der Waals surface area contributed by atoms with E-state index in [4.69, 9.17) is 5.73 Å². The molecule has 2 aromatic heterocycles. The van der Waals surface area contributed by atoms with E-state index in [2.05, 4.69) is 22.2 Å². The van der Waals surface area contributed by atoms with Crippen LogP contribution in [-0.2, 0) is 13.0 Å². The van der Waals surface area contributed by atoms with Crippen LogP contribution in [0.25, 0.3) is 5.13 Å². The summed E-state index contributed by atoms with van der Waals surface area (Å²) in [5.41, 5.74) is 7.63. The summed E-state index contributed by atoms with van der Waals surface area (Å²) in [6.07, 6.45) is 4.99. The van der Waals surface area contributed by atoms with Gasteiger partial charge < -0.3 is 5.73 Å². The van der Waals surface area contributed by atoms with Crippen LogP contribution < -0.4 is 5.73 Å². The minimum Gasteiger partial charge on any atom is -0.325 e. The van der Waals surface area contributed by atoms with Crippen LogP contribution in [0.1, 0.15) is 31.2 Å². The summed E-state index contributed by atoms with van der Waals surface area (Å²) in [6.45, 7) is 2.60. The van der Waals surface area contributed by atoms with Crippen molar-refractivity contribution in [2.45, 2.75) is 32.7 Å². The van der Waals surface area contributed by atoms with E-state index in [1.54, 1.807) is 17.5 Å². The van der Waals surface area contributed by atoms with Gasteiger partial charge in [-0.05, 0) is 12.8 Å². The fourth-order valence-corrected chi connectivity index (χ4v) is 2.17. The molecule has 0 aliphatic heterocycles. The van der Waals surface area contributed by atoms with Gasteiger partial charge >= 0.3 is 0 Å². The van der Waals surface area contributed by atoms with Crippen LogP contribution in [0, 0.1) is 0 Å². The van der Waals surface area contributed by atoms with Crippen molar-refractivity contribution in [1.29, 1.82) is 0 Å². The Morgan fingerprint density at radius 2 is 2.38 bits per heavy atom. The molecule has 0 aliphatic rings. The molecule has 0 aliphatic carbocycles. The van der Waals surface area contributed by atoms with Gasteiger partial charge in [0.15, 0.2) is 0 Å². The summed E-state index contributed by atoms with van der Waals surface area (Å²) in [7, 11) is 0. The Balaban J connectivity index is 2.34. The highest BCUT2D eigenvalue weighted by Gasteiger charge is 2.13. The van der Waals surface area contributed by atoms with Crippen molar-refractivity contribution in [1.82, 2.24) is 20.0 Å². The van der Waals surface area contributed by atoms with Gasteiger partial charge in [-0.3, -0.25) is 0 Å². The molecule has 0 unspecified atom stereocenters. The maximum Gasteiger partial charge on any atom is 0.211 e. The van der Waals surface area contributed by atoms with Crippen molar-refractivity contribution < 1.29 is 0 Å². The molecule has 6 heteroatoms. The molecule has 2 N–H and O–H groups in total. The quantitative estimate of drug-likeness (QED) is 0.856. The number of unbranched alkanes of at least 4 members (excludes halogenated alkanes) is 1. The van der Waals surface area contributed by atoms with Crippen molar-refractivity contribution in [3.8, 4) is 5.13 Å². The highest BCUT2D eigenvalue weighted by atomic mass is 32.1. The van der Waals surface area contributed by atoms with E-state index in [0.29, 0.717) is 6.54 Å². The molecule has 0 atom stereocenters. The Hall–Kier alpha value is -1.27.